The quantitative estimate of drug-likeness (QED) is 0.437. The van der Waals surface area contributed by atoms with Gasteiger partial charge in [-0.15, -0.1) is 0 Å². The zero-order chi connectivity index (χ0) is 11.0. The van der Waals surface area contributed by atoms with Crippen LogP contribution in [0.3, 0.4) is 0 Å². The van der Waals surface area contributed by atoms with E-state index in [1.54, 1.807) is 0 Å². The first-order chi connectivity index (χ1) is 7.13. The van der Waals surface area contributed by atoms with Crippen molar-refractivity contribution in [2.45, 2.75) is 24.4 Å². The average Bonchev–Trinajstić information content (AvgIpc) is 2.74. The molecule has 1 aromatic rings. The van der Waals surface area contributed by atoms with Crippen LogP contribution in [0.25, 0.3) is 0 Å². The number of rotatable bonds is 2. The van der Waals surface area contributed by atoms with Gasteiger partial charge < -0.3 is 25.7 Å². The number of hydrogen-bond acceptors (Lipinski definition) is 5. The number of aromatic nitrogens is 2. The maximum atomic E-state index is 9.75. The van der Waals surface area contributed by atoms with Gasteiger partial charge in [0.05, 0.1) is 18.0 Å². The normalized spacial score (nSPS) is 35.9. The summed E-state index contributed by atoms with van der Waals surface area (Å²) in [6.45, 7) is 0. The number of H-pyrrole nitrogens is 1. The van der Waals surface area contributed by atoms with Crippen molar-refractivity contribution in [3.8, 4) is 0 Å². The third kappa shape index (κ3) is 1.96. The van der Waals surface area contributed by atoms with Gasteiger partial charge in [0, 0.05) is 4.43 Å². The van der Waals surface area contributed by atoms with Crippen LogP contribution in [0, 0.1) is 0 Å². The monoisotopic (exact) mass is 325 g/mol. The highest BCUT2D eigenvalue weighted by Crippen LogP contribution is 2.33. The number of alkyl halides is 1. The molecule has 0 unspecified atom stereocenters. The molecular weight excluding hydrogens is 313 g/mol. The molecule has 1 aromatic heterocycles. The molecule has 6 nitrogen and oxygen atoms in total. The van der Waals surface area contributed by atoms with E-state index in [1.807, 2.05) is 0 Å². The standard InChI is InChI=1S/C8H12IN3O3/c9-1-4-5(13)6(14)7(15-4)3-2-11-8(10)12-3/h2,4-7,13-14H,1H2,(H3,10,11,12)/t4-,5-,6+,7-/m1/s1. The van der Waals surface area contributed by atoms with Crippen LogP contribution in [0.2, 0.25) is 0 Å². The van der Waals surface area contributed by atoms with Crippen molar-refractivity contribution < 1.29 is 14.9 Å². The fraction of sp³-hybridized carbons (Fsp3) is 0.625. The topological polar surface area (TPSA) is 104 Å². The number of nitrogens with zero attached hydrogens (tertiary/aromatic N) is 1. The van der Waals surface area contributed by atoms with Crippen LogP contribution in [-0.2, 0) is 4.74 Å². The first kappa shape index (κ1) is 11.1. The second kappa shape index (κ2) is 4.24. The summed E-state index contributed by atoms with van der Waals surface area (Å²) in [5, 5.41) is 19.4. The Kier molecular flexibility index (Phi) is 3.14. The number of aromatic amines is 1. The molecule has 0 aromatic carbocycles. The van der Waals surface area contributed by atoms with Gasteiger partial charge >= 0.3 is 0 Å². The van der Waals surface area contributed by atoms with Crippen LogP contribution < -0.4 is 5.73 Å². The summed E-state index contributed by atoms with van der Waals surface area (Å²) in [6.07, 6.45) is -1.23. The SMILES string of the molecule is Nc1ncc([C@H]2O[C@H](CI)[C@@H](O)[C@@H]2O)[nH]1. The minimum absolute atomic E-state index is 0.271. The zero-order valence-corrected chi connectivity index (χ0v) is 9.96. The predicted octanol–water partition coefficient (Wildman–Crippen LogP) is -0.411. The summed E-state index contributed by atoms with van der Waals surface area (Å²) < 4.78 is 6.12. The van der Waals surface area contributed by atoms with E-state index in [2.05, 4.69) is 32.6 Å². The Hall–Kier alpha value is -0.380. The van der Waals surface area contributed by atoms with Gasteiger partial charge in [-0.1, -0.05) is 22.6 Å². The lowest BCUT2D eigenvalue weighted by atomic mass is 10.1. The number of hydrogen-bond donors (Lipinski definition) is 4. The summed E-state index contributed by atoms with van der Waals surface area (Å²) in [5.41, 5.74) is 6.01. The molecule has 84 valence electrons. The van der Waals surface area contributed by atoms with Crippen LogP contribution >= 0.6 is 22.6 Å². The number of ether oxygens (including phenoxy) is 1. The second-order valence-corrected chi connectivity index (χ2v) is 4.34. The van der Waals surface area contributed by atoms with Crippen molar-refractivity contribution >= 4 is 28.5 Å². The summed E-state index contributed by atoms with van der Waals surface area (Å²) in [6, 6.07) is 0. The second-order valence-electron chi connectivity index (χ2n) is 3.45. The molecule has 1 aliphatic rings. The van der Waals surface area contributed by atoms with E-state index in [1.165, 1.54) is 6.20 Å². The highest BCUT2D eigenvalue weighted by molar-refractivity contribution is 14.1. The lowest BCUT2D eigenvalue weighted by Crippen LogP contribution is -2.31. The summed E-state index contributed by atoms with van der Waals surface area (Å²) in [4.78, 5) is 6.60. The predicted molar refractivity (Wildman–Crippen MR) is 61.5 cm³/mol. The largest absolute Gasteiger partial charge is 0.388 e. The molecule has 2 heterocycles. The van der Waals surface area contributed by atoms with Gasteiger partial charge in [-0.25, -0.2) is 4.98 Å². The van der Waals surface area contributed by atoms with Crippen LogP contribution in [0.1, 0.15) is 11.8 Å². The molecular formula is C8H12IN3O3. The molecule has 2 rings (SSSR count). The lowest BCUT2D eigenvalue weighted by molar-refractivity contribution is 0.0148. The minimum Gasteiger partial charge on any atom is -0.388 e. The Labute approximate surface area is 100.0 Å². The highest BCUT2D eigenvalue weighted by atomic mass is 127. The fourth-order valence-corrected chi connectivity index (χ4v) is 2.36. The van der Waals surface area contributed by atoms with Gasteiger partial charge in [0.15, 0.2) is 5.95 Å². The number of nitrogens with two attached hydrogens (primary N) is 1. The van der Waals surface area contributed by atoms with Gasteiger partial charge in [0.1, 0.15) is 18.3 Å². The van der Waals surface area contributed by atoms with Gasteiger partial charge in [-0.3, -0.25) is 0 Å². The van der Waals surface area contributed by atoms with Crippen molar-refractivity contribution in [3.63, 3.8) is 0 Å². The maximum Gasteiger partial charge on any atom is 0.197 e. The smallest absolute Gasteiger partial charge is 0.197 e. The summed E-state index contributed by atoms with van der Waals surface area (Å²) in [7, 11) is 0. The van der Waals surface area contributed by atoms with E-state index in [-0.39, 0.29) is 12.1 Å². The molecule has 7 heteroatoms. The van der Waals surface area contributed by atoms with E-state index in [0.29, 0.717) is 10.1 Å². The summed E-state index contributed by atoms with van der Waals surface area (Å²) >= 11 is 2.10. The molecule has 1 aliphatic heterocycles. The van der Waals surface area contributed by atoms with Crippen LogP contribution in [0.15, 0.2) is 6.20 Å². The molecule has 4 atom stereocenters. The summed E-state index contributed by atoms with van der Waals surface area (Å²) in [5.74, 6) is 0.271. The van der Waals surface area contributed by atoms with Gasteiger partial charge in [-0.2, -0.15) is 0 Å². The van der Waals surface area contributed by atoms with Crippen LogP contribution in [0.5, 0.6) is 0 Å². The zero-order valence-electron chi connectivity index (χ0n) is 7.80. The molecule has 0 amide bonds. The number of nitrogen functional groups attached to an aromatic ring is 1. The van der Waals surface area contributed by atoms with Crippen LogP contribution in [0.4, 0.5) is 5.95 Å². The van der Waals surface area contributed by atoms with E-state index in [9.17, 15) is 10.2 Å². The third-order valence-corrected chi connectivity index (χ3v) is 3.30. The molecule has 0 aliphatic carbocycles. The Balaban J connectivity index is 2.18. The molecule has 1 fully saturated rings. The van der Waals surface area contributed by atoms with Crippen molar-refractivity contribution in [3.05, 3.63) is 11.9 Å². The van der Waals surface area contributed by atoms with E-state index >= 15 is 0 Å². The number of imidazole rings is 1. The molecule has 0 radical (unpaired) electrons. The van der Waals surface area contributed by atoms with Crippen molar-refractivity contribution in [1.29, 1.82) is 0 Å². The fourth-order valence-electron chi connectivity index (χ4n) is 1.63. The van der Waals surface area contributed by atoms with Crippen molar-refractivity contribution in [2.75, 3.05) is 10.2 Å². The average molecular weight is 325 g/mol. The number of aliphatic hydroxyl groups is 2. The maximum absolute atomic E-state index is 9.75. The van der Waals surface area contributed by atoms with Gasteiger partial charge in [0.25, 0.3) is 0 Å². The highest BCUT2D eigenvalue weighted by Gasteiger charge is 2.43. The number of anilines is 1. The Morgan fingerprint density at radius 1 is 1.53 bits per heavy atom. The number of halogens is 1. The first-order valence-electron chi connectivity index (χ1n) is 4.51. The Bertz CT molecular complexity index is 346. The Morgan fingerprint density at radius 2 is 2.27 bits per heavy atom. The molecule has 5 N–H and O–H groups in total. The van der Waals surface area contributed by atoms with Crippen molar-refractivity contribution in [1.82, 2.24) is 9.97 Å². The molecule has 15 heavy (non-hydrogen) atoms. The van der Waals surface area contributed by atoms with Gasteiger partial charge in [-0.05, 0) is 0 Å². The van der Waals surface area contributed by atoms with Crippen molar-refractivity contribution in [2.24, 2.45) is 0 Å². The van der Waals surface area contributed by atoms with Gasteiger partial charge in [0.2, 0.25) is 0 Å². The Morgan fingerprint density at radius 3 is 2.73 bits per heavy atom. The van der Waals surface area contributed by atoms with E-state index < -0.39 is 18.3 Å². The van der Waals surface area contributed by atoms with E-state index in [4.69, 9.17) is 10.5 Å². The number of nitrogens with one attached hydrogen (secondary N) is 1. The minimum atomic E-state index is -0.940. The van der Waals surface area contributed by atoms with Crippen LogP contribution in [-0.4, -0.2) is 42.9 Å². The molecule has 0 saturated carbocycles. The molecule has 0 bridgehead atoms. The molecule has 1 saturated heterocycles. The molecule has 0 spiro atoms. The van der Waals surface area contributed by atoms with E-state index in [0.717, 1.165) is 0 Å². The number of aliphatic hydroxyl groups excluding tert-OH is 2. The third-order valence-electron chi connectivity index (χ3n) is 2.44. The lowest BCUT2D eigenvalue weighted by Gasteiger charge is -2.12. The first-order valence-corrected chi connectivity index (χ1v) is 6.04.